The molecule has 0 aromatic heterocycles. The molecule has 1 atom stereocenters. The van der Waals surface area contributed by atoms with Gasteiger partial charge in [0.2, 0.25) is 0 Å². The molecule has 1 saturated heterocycles. The molecule has 0 N–H and O–H groups in total. The molecule has 1 unspecified atom stereocenters. The third kappa shape index (κ3) is 4.54. The first kappa shape index (κ1) is 18.7. The minimum absolute atomic E-state index is 0.101. The predicted molar refractivity (Wildman–Crippen MR) is 94.9 cm³/mol. The molecule has 5 nitrogen and oxygen atoms in total. The van der Waals surface area contributed by atoms with Crippen molar-refractivity contribution in [2.24, 2.45) is 5.92 Å². The van der Waals surface area contributed by atoms with E-state index in [0.29, 0.717) is 31.1 Å². The number of carbonyl (C=O) groups is 2. The SMILES string of the molecule is CC(C)(C)OC(=O)N1CCCC1C(=O)c1ccc(F)c(OCC2CC2)c1. The van der Waals surface area contributed by atoms with Gasteiger partial charge in [-0.25, -0.2) is 9.18 Å². The van der Waals surface area contributed by atoms with Crippen molar-refractivity contribution in [2.75, 3.05) is 13.2 Å². The number of hydrogen-bond donors (Lipinski definition) is 0. The average Bonchev–Trinajstić information content (AvgIpc) is 3.25. The van der Waals surface area contributed by atoms with Crippen molar-refractivity contribution in [3.8, 4) is 5.75 Å². The number of nitrogens with zero attached hydrogens (tertiary/aromatic N) is 1. The molecule has 2 fully saturated rings. The second-order valence-electron chi connectivity index (χ2n) is 8.10. The molecule has 0 bridgehead atoms. The van der Waals surface area contributed by atoms with Crippen molar-refractivity contribution in [3.63, 3.8) is 0 Å². The number of likely N-dealkylation sites (tertiary alicyclic amines) is 1. The molecular weight excluding hydrogens is 337 g/mol. The Balaban J connectivity index is 1.72. The van der Waals surface area contributed by atoms with Crippen LogP contribution in [0.3, 0.4) is 0 Å². The highest BCUT2D eigenvalue weighted by Crippen LogP contribution is 2.31. The highest BCUT2D eigenvalue weighted by atomic mass is 19.1. The molecule has 1 aliphatic heterocycles. The van der Waals surface area contributed by atoms with Crippen molar-refractivity contribution in [1.82, 2.24) is 4.90 Å². The number of ketones is 1. The molecule has 6 heteroatoms. The fourth-order valence-electron chi connectivity index (χ4n) is 3.03. The van der Waals surface area contributed by atoms with Crippen LogP contribution in [-0.4, -0.2) is 41.6 Å². The number of hydrogen-bond acceptors (Lipinski definition) is 4. The van der Waals surface area contributed by atoms with Gasteiger partial charge in [0.1, 0.15) is 5.60 Å². The molecule has 2 aliphatic rings. The maximum Gasteiger partial charge on any atom is 0.410 e. The van der Waals surface area contributed by atoms with E-state index in [1.54, 1.807) is 20.8 Å². The molecule has 0 spiro atoms. The summed E-state index contributed by atoms with van der Waals surface area (Å²) < 4.78 is 24.9. The normalized spacial score (nSPS) is 20.2. The van der Waals surface area contributed by atoms with E-state index in [9.17, 15) is 14.0 Å². The molecule has 142 valence electrons. The molecule has 1 aliphatic carbocycles. The van der Waals surface area contributed by atoms with E-state index < -0.39 is 23.6 Å². The van der Waals surface area contributed by atoms with Crippen LogP contribution in [0.15, 0.2) is 18.2 Å². The van der Waals surface area contributed by atoms with E-state index in [2.05, 4.69) is 0 Å². The van der Waals surface area contributed by atoms with Crippen molar-refractivity contribution in [1.29, 1.82) is 0 Å². The van der Waals surface area contributed by atoms with E-state index in [1.165, 1.54) is 23.1 Å². The third-order valence-electron chi connectivity index (χ3n) is 4.57. The zero-order valence-corrected chi connectivity index (χ0v) is 15.6. The van der Waals surface area contributed by atoms with Gasteiger partial charge in [-0.05, 0) is 70.6 Å². The highest BCUT2D eigenvalue weighted by Gasteiger charge is 2.37. The molecule has 3 rings (SSSR count). The summed E-state index contributed by atoms with van der Waals surface area (Å²) in [5.41, 5.74) is -0.259. The summed E-state index contributed by atoms with van der Waals surface area (Å²) in [7, 11) is 0. The average molecular weight is 363 g/mol. The number of carbonyl (C=O) groups excluding carboxylic acids is 2. The molecule has 1 saturated carbocycles. The van der Waals surface area contributed by atoms with Gasteiger partial charge in [0.15, 0.2) is 17.3 Å². The summed E-state index contributed by atoms with van der Waals surface area (Å²) in [5, 5.41) is 0. The van der Waals surface area contributed by atoms with Gasteiger partial charge in [-0.1, -0.05) is 0 Å². The second-order valence-corrected chi connectivity index (χ2v) is 8.10. The van der Waals surface area contributed by atoms with Crippen molar-refractivity contribution >= 4 is 11.9 Å². The van der Waals surface area contributed by atoms with Crippen molar-refractivity contribution in [2.45, 2.75) is 58.1 Å². The number of benzene rings is 1. The Hall–Kier alpha value is -2.11. The van der Waals surface area contributed by atoms with E-state index in [-0.39, 0.29) is 11.5 Å². The van der Waals surface area contributed by atoms with Crippen LogP contribution < -0.4 is 4.74 Å². The molecule has 1 aromatic carbocycles. The van der Waals surface area contributed by atoms with Crippen LogP contribution in [0.2, 0.25) is 0 Å². The number of rotatable bonds is 5. The van der Waals surface area contributed by atoms with Gasteiger partial charge in [-0.3, -0.25) is 9.69 Å². The van der Waals surface area contributed by atoms with Gasteiger partial charge in [0.05, 0.1) is 12.6 Å². The third-order valence-corrected chi connectivity index (χ3v) is 4.57. The standard InChI is InChI=1S/C20H26FNO4/c1-20(2,3)26-19(24)22-10-4-5-16(22)18(23)14-8-9-15(21)17(11-14)25-12-13-6-7-13/h8-9,11,13,16H,4-7,10,12H2,1-3H3. The summed E-state index contributed by atoms with van der Waals surface area (Å²) in [4.78, 5) is 26.8. The number of halogens is 1. The zero-order valence-electron chi connectivity index (χ0n) is 15.6. The molecule has 26 heavy (non-hydrogen) atoms. The lowest BCUT2D eigenvalue weighted by Gasteiger charge is -2.28. The van der Waals surface area contributed by atoms with Gasteiger partial charge in [0, 0.05) is 12.1 Å². The van der Waals surface area contributed by atoms with Crippen LogP contribution in [0.4, 0.5) is 9.18 Å². The summed E-state index contributed by atoms with van der Waals surface area (Å²) in [6, 6.07) is 3.58. The second kappa shape index (κ2) is 7.25. The Kier molecular flexibility index (Phi) is 5.21. The first-order valence-electron chi connectivity index (χ1n) is 9.21. The van der Waals surface area contributed by atoms with Gasteiger partial charge in [0.25, 0.3) is 0 Å². The van der Waals surface area contributed by atoms with E-state index in [4.69, 9.17) is 9.47 Å². The first-order chi connectivity index (χ1) is 12.2. The van der Waals surface area contributed by atoms with Gasteiger partial charge in [-0.2, -0.15) is 0 Å². The van der Waals surface area contributed by atoms with Gasteiger partial charge in [-0.15, -0.1) is 0 Å². The molecule has 1 aromatic rings. The van der Waals surface area contributed by atoms with Crippen LogP contribution in [0.25, 0.3) is 0 Å². The Labute approximate surface area is 153 Å². The van der Waals surface area contributed by atoms with Crippen LogP contribution >= 0.6 is 0 Å². The van der Waals surface area contributed by atoms with Crippen LogP contribution in [-0.2, 0) is 4.74 Å². The molecule has 0 radical (unpaired) electrons. The Morgan fingerprint density at radius 1 is 1.23 bits per heavy atom. The maximum absolute atomic E-state index is 14.0. The molecule has 1 heterocycles. The summed E-state index contributed by atoms with van der Waals surface area (Å²) in [6.07, 6.45) is 3.04. The van der Waals surface area contributed by atoms with E-state index in [1.807, 2.05) is 0 Å². The minimum Gasteiger partial charge on any atom is -0.490 e. The Morgan fingerprint density at radius 3 is 2.62 bits per heavy atom. The number of Topliss-reactive ketones (excluding diaryl/α,β-unsaturated/α-hetero) is 1. The molecule has 1 amide bonds. The summed E-state index contributed by atoms with van der Waals surface area (Å²) >= 11 is 0. The minimum atomic E-state index is -0.618. The lowest BCUT2D eigenvalue weighted by atomic mass is 10.0. The summed E-state index contributed by atoms with van der Waals surface area (Å²) in [5.74, 6) is -0.0851. The first-order valence-corrected chi connectivity index (χ1v) is 9.21. The van der Waals surface area contributed by atoms with Crippen LogP contribution in [0.1, 0.15) is 56.8 Å². The topological polar surface area (TPSA) is 55.8 Å². The molecular formula is C20H26FNO4. The van der Waals surface area contributed by atoms with Crippen molar-refractivity contribution < 1.29 is 23.5 Å². The van der Waals surface area contributed by atoms with E-state index >= 15 is 0 Å². The largest absolute Gasteiger partial charge is 0.490 e. The zero-order chi connectivity index (χ0) is 18.9. The van der Waals surface area contributed by atoms with E-state index in [0.717, 1.165) is 19.3 Å². The smallest absolute Gasteiger partial charge is 0.410 e. The Morgan fingerprint density at radius 2 is 1.96 bits per heavy atom. The fraction of sp³-hybridized carbons (Fsp3) is 0.600. The fourth-order valence-corrected chi connectivity index (χ4v) is 3.03. The lowest BCUT2D eigenvalue weighted by Crippen LogP contribution is -2.43. The predicted octanol–water partition coefficient (Wildman–Crippen LogP) is 4.20. The van der Waals surface area contributed by atoms with Gasteiger partial charge >= 0.3 is 6.09 Å². The Bertz CT molecular complexity index is 694. The highest BCUT2D eigenvalue weighted by molar-refractivity contribution is 6.02. The van der Waals surface area contributed by atoms with Crippen LogP contribution in [0, 0.1) is 11.7 Å². The monoisotopic (exact) mass is 363 g/mol. The quantitative estimate of drug-likeness (QED) is 0.736. The summed E-state index contributed by atoms with van der Waals surface area (Å²) in [6.45, 7) is 6.34. The number of ether oxygens (including phenoxy) is 2. The maximum atomic E-state index is 14.0. The van der Waals surface area contributed by atoms with Gasteiger partial charge < -0.3 is 9.47 Å². The number of amides is 1. The lowest BCUT2D eigenvalue weighted by molar-refractivity contribution is 0.0222. The van der Waals surface area contributed by atoms with Crippen molar-refractivity contribution in [3.05, 3.63) is 29.6 Å². The van der Waals surface area contributed by atoms with Crippen LogP contribution in [0.5, 0.6) is 5.75 Å².